The molecule has 0 aliphatic heterocycles. The van der Waals surface area contributed by atoms with Gasteiger partial charge in [0, 0.05) is 26.7 Å². The highest BCUT2D eigenvalue weighted by molar-refractivity contribution is 4.88. The lowest BCUT2D eigenvalue weighted by Crippen LogP contribution is -2.52. The predicted octanol–water partition coefficient (Wildman–Crippen LogP) is -0.152. The molecular formula is C8H17NO3. The van der Waals surface area contributed by atoms with Crippen LogP contribution < -0.4 is 5.73 Å². The average Bonchev–Trinajstić information content (AvgIpc) is 2.09. The Morgan fingerprint density at radius 3 is 2.67 bits per heavy atom. The minimum absolute atomic E-state index is 0.116. The molecular weight excluding hydrogens is 158 g/mol. The lowest BCUT2D eigenvalue weighted by atomic mass is 9.88. The van der Waals surface area contributed by atoms with E-state index in [0.29, 0.717) is 12.8 Å². The molecule has 4 heteroatoms. The summed E-state index contributed by atoms with van der Waals surface area (Å²) in [4.78, 5) is 0. The molecule has 1 saturated carbocycles. The van der Waals surface area contributed by atoms with Gasteiger partial charge in [0.1, 0.15) is 6.10 Å². The van der Waals surface area contributed by atoms with Gasteiger partial charge in [-0.25, -0.2) is 0 Å². The second kappa shape index (κ2) is 3.70. The monoisotopic (exact) mass is 175 g/mol. The molecule has 0 saturated heterocycles. The Morgan fingerprint density at radius 2 is 2.17 bits per heavy atom. The summed E-state index contributed by atoms with van der Waals surface area (Å²) in [5.41, 5.74) is 5.73. The molecule has 0 aromatic heterocycles. The molecule has 72 valence electrons. The van der Waals surface area contributed by atoms with E-state index >= 15 is 0 Å². The van der Waals surface area contributed by atoms with Crippen LogP contribution in [0.25, 0.3) is 0 Å². The zero-order chi connectivity index (χ0) is 9.19. The van der Waals surface area contributed by atoms with E-state index < -0.39 is 5.79 Å². The zero-order valence-electron chi connectivity index (χ0n) is 7.62. The molecule has 0 aromatic rings. The second-order valence-electron chi connectivity index (χ2n) is 3.31. The van der Waals surface area contributed by atoms with Crippen molar-refractivity contribution < 1.29 is 14.6 Å². The minimum atomic E-state index is -1.13. The van der Waals surface area contributed by atoms with Crippen molar-refractivity contribution in [3.05, 3.63) is 0 Å². The average molecular weight is 175 g/mol. The van der Waals surface area contributed by atoms with E-state index in [1.165, 1.54) is 7.11 Å². The second-order valence-corrected chi connectivity index (χ2v) is 3.31. The van der Waals surface area contributed by atoms with Gasteiger partial charge in [-0.1, -0.05) is 0 Å². The summed E-state index contributed by atoms with van der Waals surface area (Å²) in [5, 5.41) is 9.85. The van der Waals surface area contributed by atoms with Crippen molar-refractivity contribution in [3.63, 3.8) is 0 Å². The van der Waals surface area contributed by atoms with Crippen molar-refractivity contribution in [1.29, 1.82) is 0 Å². The van der Waals surface area contributed by atoms with Gasteiger partial charge in [0.15, 0.2) is 5.79 Å². The third-order valence-electron chi connectivity index (χ3n) is 2.53. The summed E-state index contributed by atoms with van der Waals surface area (Å²) in [6, 6.07) is 0.116. The van der Waals surface area contributed by atoms with E-state index in [2.05, 4.69) is 0 Å². The number of hydrogen-bond acceptors (Lipinski definition) is 4. The van der Waals surface area contributed by atoms with Crippen molar-refractivity contribution >= 4 is 0 Å². The van der Waals surface area contributed by atoms with Gasteiger partial charge in [-0.15, -0.1) is 0 Å². The maximum atomic E-state index is 9.85. The first-order valence-corrected chi connectivity index (χ1v) is 4.18. The maximum absolute atomic E-state index is 9.85. The lowest BCUT2D eigenvalue weighted by Gasteiger charge is -2.39. The Kier molecular flexibility index (Phi) is 3.06. The molecule has 3 atom stereocenters. The molecule has 0 amide bonds. The topological polar surface area (TPSA) is 64.7 Å². The first-order chi connectivity index (χ1) is 5.62. The molecule has 0 heterocycles. The standard InChI is InChI=1S/C8H17NO3/c1-11-7-5-6(9)3-4-8(7,10)12-2/h6-7,10H,3-5,9H2,1-2H3/t6-,7+,8?/m1/s1. The van der Waals surface area contributed by atoms with Crippen LogP contribution >= 0.6 is 0 Å². The largest absolute Gasteiger partial charge is 0.376 e. The molecule has 0 aromatic carbocycles. The highest BCUT2D eigenvalue weighted by atomic mass is 16.6. The van der Waals surface area contributed by atoms with Gasteiger partial charge >= 0.3 is 0 Å². The predicted molar refractivity (Wildman–Crippen MR) is 44.6 cm³/mol. The van der Waals surface area contributed by atoms with Gasteiger partial charge < -0.3 is 20.3 Å². The number of methoxy groups -OCH3 is 2. The molecule has 4 nitrogen and oxygen atoms in total. The number of nitrogens with two attached hydrogens (primary N) is 1. The Labute approximate surface area is 72.6 Å². The van der Waals surface area contributed by atoms with Crippen LogP contribution in [0.1, 0.15) is 19.3 Å². The maximum Gasteiger partial charge on any atom is 0.191 e. The van der Waals surface area contributed by atoms with Crippen molar-refractivity contribution in [2.45, 2.75) is 37.2 Å². The minimum Gasteiger partial charge on any atom is -0.376 e. The van der Waals surface area contributed by atoms with Crippen LogP contribution in [0.5, 0.6) is 0 Å². The molecule has 1 aliphatic carbocycles. The molecule has 1 fully saturated rings. The van der Waals surface area contributed by atoms with Crippen LogP contribution in [0.2, 0.25) is 0 Å². The summed E-state index contributed by atoms with van der Waals surface area (Å²) >= 11 is 0. The van der Waals surface area contributed by atoms with Gasteiger partial charge in [0.2, 0.25) is 0 Å². The Bertz CT molecular complexity index is 153. The summed E-state index contributed by atoms with van der Waals surface area (Å²) in [6.45, 7) is 0. The summed E-state index contributed by atoms with van der Waals surface area (Å²) < 4.78 is 10.1. The SMILES string of the molecule is CO[C@H]1C[C@H](N)CCC1(O)OC. The smallest absolute Gasteiger partial charge is 0.191 e. The fourth-order valence-corrected chi connectivity index (χ4v) is 1.64. The summed E-state index contributed by atoms with van der Waals surface area (Å²) in [5.74, 6) is -1.13. The Balaban J connectivity index is 2.62. The molecule has 1 unspecified atom stereocenters. The molecule has 1 rings (SSSR count). The highest BCUT2D eigenvalue weighted by Crippen LogP contribution is 2.30. The van der Waals surface area contributed by atoms with Gasteiger partial charge in [-0.3, -0.25) is 0 Å². The molecule has 3 N–H and O–H groups in total. The molecule has 1 aliphatic rings. The first kappa shape index (κ1) is 9.92. The third kappa shape index (κ3) is 1.77. The van der Waals surface area contributed by atoms with Gasteiger partial charge in [-0.2, -0.15) is 0 Å². The molecule has 0 spiro atoms. The Morgan fingerprint density at radius 1 is 1.50 bits per heavy atom. The van der Waals surface area contributed by atoms with E-state index in [4.69, 9.17) is 15.2 Å². The molecule has 0 radical (unpaired) electrons. The number of rotatable bonds is 2. The van der Waals surface area contributed by atoms with Crippen molar-refractivity contribution in [2.75, 3.05) is 14.2 Å². The number of aliphatic hydroxyl groups is 1. The Hall–Kier alpha value is -0.160. The van der Waals surface area contributed by atoms with Crippen LogP contribution in [0.15, 0.2) is 0 Å². The zero-order valence-corrected chi connectivity index (χ0v) is 7.62. The third-order valence-corrected chi connectivity index (χ3v) is 2.53. The van der Waals surface area contributed by atoms with Crippen LogP contribution in [0.3, 0.4) is 0 Å². The van der Waals surface area contributed by atoms with E-state index in [1.807, 2.05) is 0 Å². The summed E-state index contributed by atoms with van der Waals surface area (Å²) in [6.07, 6.45) is 1.68. The first-order valence-electron chi connectivity index (χ1n) is 4.18. The van der Waals surface area contributed by atoms with Gasteiger partial charge in [-0.05, 0) is 12.8 Å². The quantitative estimate of drug-likeness (QED) is 0.573. The highest BCUT2D eigenvalue weighted by Gasteiger charge is 2.41. The van der Waals surface area contributed by atoms with E-state index in [9.17, 15) is 5.11 Å². The fourth-order valence-electron chi connectivity index (χ4n) is 1.64. The van der Waals surface area contributed by atoms with Gasteiger partial charge in [0.05, 0.1) is 0 Å². The van der Waals surface area contributed by atoms with E-state index in [-0.39, 0.29) is 12.1 Å². The number of ether oxygens (including phenoxy) is 2. The van der Waals surface area contributed by atoms with Crippen LogP contribution in [0, 0.1) is 0 Å². The van der Waals surface area contributed by atoms with Crippen molar-refractivity contribution in [2.24, 2.45) is 5.73 Å². The fraction of sp³-hybridized carbons (Fsp3) is 1.00. The van der Waals surface area contributed by atoms with Crippen molar-refractivity contribution in [3.8, 4) is 0 Å². The number of hydrogen-bond donors (Lipinski definition) is 2. The van der Waals surface area contributed by atoms with E-state index in [1.54, 1.807) is 7.11 Å². The molecule has 0 bridgehead atoms. The van der Waals surface area contributed by atoms with Gasteiger partial charge in [0.25, 0.3) is 0 Å². The summed E-state index contributed by atoms with van der Waals surface area (Å²) in [7, 11) is 3.05. The molecule has 12 heavy (non-hydrogen) atoms. The van der Waals surface area contributed by atoms with E-state index in [0.717, 1.165) is 6.42 Å². The van der Waals surface area contributed by atoms with Crippen LogP contribution in [0.4, 0.5) is 0 Å². The van der Waals surface area contributed by atoms with Crippen molar-refractivity contribution in [1.82, 2.24) is 0 Å². The lowest BCUT2D eigenvalue weighted by molar-refractivity contribution is -0.264. The van der Waals surface area contributed by atoms with Crippen LogP contribution in [-0.4, -0.2) is 37.3 Å². The van der Waals surface area contributed by atoms with Crippen LogP contribution in [-0.2, 0) is 9.47 Å². The normalized spacial score (nSPS) is 43.0.